The Kier molecular flexibility index (Phi) is 4.50. The van der Waals surface area contributed by atoms with Crippen LogP contribution in [0.4, 0.5) is 4.39 Å². The standard InChI is InChI=1S/C16H20FN3O2S/c1-13-18-8-10-19(13)11-16-3-2-9-20(16)23(21,22)12-14-4-6-15(17)7-5-14/h4-8,10,16H,2-3,9,11-12H2,1H3. The second kappa shape index (κ2) is 6.41. The van der Waals surface area contributed by atoms with Gasteiger partial charge in [-0.1, -0.05) is 12.1 Å². The van der Waals surface area contributed by atoms with Crippen LogP contribution in [0.25, 0.3) is 0 Å². The van der Waals surface area contributed by atoms with Crippen molar-refractivity contribution in [1.29, 1.82) is 0 Å². The molecule has 1 saturated heterocycles. The molecule has 3 rings (SSSR count). The summed E-state index contributed by atoms with van der Waals surface area (Å²) < 4.78 is 42.0. The van der Waals surface area contributed by atoms with Crippen molar-refractivity contribution in [2.24, 2.45) is 0 Å². The Labute approximate surface area is 135 Å². The SMILES string of the molecule is Cc1nccn1CC1CCCN1S(=O)(=O)Cc1ccc(F)cc1. The second-order valence-electron chi connectivity index (χ2n) is 5.92. The Morgan fingerprint density at radius 1 is 1.30 bits per heavy atom. The molecule has 1 unspecified atom stereocenters. The van der Waals surface area contributed by atoms with Crippen molar-refractivity contribution >= 4 is 10.0 Å². The summed E-state index contributed by atoms with van der Waals surface area (Å²) in [5.74, 6) is 0.431. The van der Waals surface area contributed by atoms with Crippen LogP contribution < -0.4 is 0 Å². The fraction of sp³-hybridized carbons (Fsp3) is 0.438. The quantitative estimate of drug-likeness (QED) is 0.841. The first-order valence-corrected chi connectivity index (χ1v) is 9.28. The lowest BCUT2D eigenvalue weighted by Crippen LogP contribution is -2.38. The molecule has 1 atom stereocenters. The highest BCUT2D eigenvalue weighted by molar-refractivity contribution is 7.88. The number of halogens is 1. The van der Waals surface area contributed by atoms with E-state index in [2.05, 4.69) is 4.98 Å². The van der Waals surface area contributed by atoms with Gasteiger partial charge in [0.15, 0.2) is 0 Å². The molecule has 0 bridgehead atoms. The zero-order valence-electron chi connectivity index (χ0n) is 13.0. The zero-order chi connectivity index (χ0) is 16.4. The van der Waals surface area contributed by atoms with Gasteiger partial charge in [0, 0.05) is 31.5 Å². The van der Waals surface area contributed by atoms with Gasteiger partial charge in [0.2, 0.25) is 10.0 Å². The lowest BCUT2D eigenvalue weighted by Gasteiger charge is -2.25. The van der Waals surface area contributed by atoms with E-state index in [1.165, 1.54) is 24.3 Å². The number of aryl methyl sites for hydroxylation is 1. The summed E-state index contributed by atoms with van der Waals surface area (Å²) in [5.41, 5.74) is 0.607. The molecule has 7 heteroatoms. The van der Waals surface area contributed by atoms with E-state index < -0.39 is 10.0 Å². The molecule has 1 aliphatic heterocycles. The van der Waals surface area contributed by atoms with E-state index in [1.807, 2.05) is 17.7 Å². The van der Waals surface area contributed by atoms with Crippen LogP contribution in [0, 0.1) is 12.7 Å². The number of hydrogen-bond acceptors (Lipinski definition) is 3. The van der Waals surface area contributed by atoms with Crippen molar-refractivity contribution in [2.45, 2.75) is 38.1 Å². The van der Waals surface area contributed by atoms with Crippen LogP contribution in [0.15, 0.2) is 36.7 Å². The van der Waals surface area contributed by atoms with Crippen molar-refractivity contribution in [2.75, 3.05) is 6.54 Å². The molecule has 0 amide bonds. The smallest absolute Gasteiger partial charge is 0.218 e. The van der Waals surface area contributed by atoms with Crippen LogP contribution in [0.1, 0.15) is 24.2 Å². The topological polar surface area (TPSA) is 55.2 Å². The lowest BCUT2D eigenvalue weighted by atomic mass is 10.2. The maximum atomic E-state index is 13.0. The average Bonchev–Trinajstić information content (AvgIpc) is 3.12. The third kappa shape index (κ3) is 3.61. The lowest BCUT2D eigenvalue weighted by molar-refractivity contribution is 0.349. The summed E-state index contributed by atoms with van der Waals surface area (Å²) in [6.07, 6.45) is 5.31. The van der Waals surface area contributed by atoms with Crippen LogP contribution in [0.2, 0.25) is 0 Å². The van der Waals surface area contributed by atoms with Gasteiger partial charge in [-0.05, 0) is 37.5 Å². The Hall–Kier alpha value is -1.73. The third-order valence-electron chi connectivity index (χ3n) is 4.27. The molecule has 0 aliphatic carbocycles. The van der Waals surface area contributed by atoms with Crippen LogP contribution in [0.5, 0.6) is 0 Å². The Balaban J connectivity index is 1.75. The molecule has 23 heavy (non-hydrogen) atoms. The number of rotatable bonds is 5. The second-order valence-corrected chi connectivity index (χ2v) is 7.84. The molecule has 0 spiro atoms. The highest BCUT2D eigenvalue weighted by atomic mass is 32.2. The number of hydrogen-bond donors (Lipinski definition) is 0. The molecule has 0 N–H and O–H groups in total. The van der Waals surface area contributed by atoms with Gasteiger partial charge >= 0.3 is 0 Å². The first kappa shape index (κ1) is 16.1. The number of benzene rings is 1. The summed E-state index contributed by atoms with van der Waals surface area (Å²) in [6, 6.07) is 5.59. The molecule has 124 valence electrons. The van der Waals surface area contributed by atoms with Crippen molar-refractivity contribution in [1.82, 2.24) is 13.9 Å². The minimum absolute atomic E-state index is 0.0478. The average molecular weight is 337 g/mol. The van der Waals surface area contributed by atoms with E-state index in [0.29, 0.717) is 18.7 Å². The van der Waals surface area contributed by atoms with E-state index in [-0.39, 0.29) is 17.6 Å². The van der Waals surface area contributed by atoms with Crippen LogP contribution in [-0.2, 0) is 22.3 Å². The van der Waals surface area contributed by atoms with Crippen LogP contribution in [0.3, 0.4) is 0 Å². The molecule has 0 saturated carbocycles. The van der Waals surface area contributed by atoms with Gasteiger partial charge in [-0.3, -0.25) is 0 Å². The van der Waals surface area contributed by atoms with Crippen molar-refractivity contribution in [3.63, 3.8) is 0 Å². The van der Waals surface area contributed by atoms with Gasteiger partial charge in [-0.15, -0.1) is 0 Å². The van der Waals surface area contributed by atoms with E-state index in [9.17, 15) is 12.8 Å². The maximum absolute atomic E-state index is 13.0. The van der Waals surface area contributed by atoms with Crippen LogP contribution >= 0.6 is 0 Å². The zero-order valence-corrected chi connectivity index (χ0v) is 13.8. The van der Waals surface area contributed by atoms with Gasteiger partial charge in [0.05, 0.1) is 5.75 Å². The molecule has 1 aliphatic rings. The van der Waals surface area contributed by atoms with E-state index >= 15 is 0 Å². The van der Waals surface area contributed by atoms with Gasteiger partial charge in [0.1, 0.15) is 11.6 Å². The fourth-order valence-electron chi connectivity index (χ4n) is 3.06. The molecule has 1 aromatic carbocycles. The summed E-state index contributed by atoms with van der Waals surface area (Å²) in [7, 11) is -3.41. The summed E-state index contributed by atoms with van der Waals surface area (Å²) in [6.45, 7) is 3.07. The Morgan fingerprint density at radius 3 is 2.70 bits per heavy atom. The first-order valence-electron chi connectivity index (χ1n) is 7.67. The molecule has 2 aromatic rings. The van der Waals surface area contributed by atoms with Gasteiger partial charge in [0.25, 0.3) is 0 Å². The molecule has 5 nitrogen and oxygen atoms in total. The number of nitrogens with zero attached hydrogens (tertiary/aromatic N) is 3. The highest BCUT2D eigenvalue weighted by Crippen LogP contribution is 2.25. The largest absolute Gasteiger partial charge is 0.334 e. The van der Waals surface area contributed by atoms with Crippen LogP contribution in [-0.4, -0.2) is 34.9 Å². The van der Waals surface area contributed by atoms with Crippen molar-refractivity contribution in [3.8, 4) is 0 Å². The summed E-state index contributed by atoms with van der Waals surface area (Å²) in [4.78, 5) is 4.18. The first-order chi connectivity index (χ1) is 11.0. The van der Waals surface area contributed by atoms with Gasteiger partial charge in [-0.25, -0.2) is 17.8 Å². The number of sulfonamides is 1. The van der Waals surface area contributed by atoms with Gasteiger partial charge in [-0.2, -0.15) is 4.31 Å². The number of aromatic nitrogens is 2. The Morgan fingerprint density at radius 2 is 2.04 bits per heavy atom. The predicted octanol–water partition coefficient (Wildman–Crippen LogP) is 2.33. The molecule has 0 radical (unpaired) electrons. The molecular formula is C16H20FN3O2S. The van der Waals surface area contributed by atoms with E-state index in [0.717, 1.165) is 18.7 Å². The minimum atomic E-state index is -3.41. The predicted molar refractivity (Wildman–Crippen MR) is 85.7 cm³/mol. The highest BCUT2D eigenvalue weighted by Gasteiger charge is 2.34. The normalized spacial score (nSPS) is 19.3. The summed E-state index contributed by atoms with van der Waals surface area (Å²) >= 11 is 0. The van der Waals surface area contributed by atoms with Gasteiger partial charge < -0.3 is 4.57 Å². The minimum Gasteiger partial charge on any atom is -0.334 e. The summed E-state index contributed by atoms with van der Waals surface area (Å²) in [5, 5.41) is 0. The molecule has 2 heterocycles. The fourth-order valence-corrected chi connectivity index (χ4v) is 4.87. The van der Waals surface area contributed by atoms with E-state index in [4.69, 9.17) is 0 Å². The Bertz CT molecular complexity index is 771. The third-order valence-corrected chi connectivity index (χ3v) is 6.17. The maximum Gasteiger partial charge on any atom is 0.218 e. The molecule has 1 fully saturated rings. The molecule has 1 aromatic heterocycles. The van der Waals surface area contributed by atoms with Crippen molar-refractivity contribution < 1.29 is 12.8 Å². The van der Waals surface area contributed by atoms with E-state index in [1.54, 1.807) is 10.5 Å². The van der Waals surface area contributed by atoms with Crippen molar-refractivity contribution in [3.05, 3.63) is 53.9 Å². The molecular weight excluding hydrogens is 317 g/mol. The monoisotopic (exact) mass is 337 g/mol. The number of imidazole rings is 1.